The zero-order valence-electron chi connectivity index (χ0n) is 14.8. The molecule has 0 aliphatic rings. The predicted molar refractivity (Wildman–Crippen MR) is 96.4 cm³/mol. The Morgan fingerprint density at radius 1 is 1.12 bits per heavy atom. The summed E-state index contributed by atoms with van der Waals surface area (Å²) in [6, 6.07) is 8.94. The molecule has 0 aliphatic carbocycles. The molecule has 0 saturated carbocycles. The summed E-state index contributed by atoms with van der Waals surface area (Å²) in [7, 11) is 2.95. The molecule has 0 heterocycles. The van der Waals surface area contributed by atoms with Crippen molar-refractivity contribution in [2.45, 2.75) is 13.3 Å². The van der Waals surface area contributed by atoms with Gasteiger partial charge in [-0.05, 0) is 36.8 Å². The number of carbonyl (C=O) groups excluding carboxylic acids is 1. The average Bonchev–Trinajstić information content (AvgIpc) is 2.66. The maximum atomic E-state index is 12.5. The number of amides is 1. The van der Waals surface area contributed by atoms with Gasteiger partial charge in [-0.1, -0.05) is 6.92 Å². The Morgan fingerprint density at radius 3 is 2.46 bits per heavy atom. The number of hydrogen-bond donors (Lipinski definition) is 1. The van der Waals surface area contributed by atoms with E-state index in [1.807, 2.05) is 6.92 Å². The second-order valence-corrected chi connectivity index (χ2v) is 5.31. The lowest BCUT2D eigenvalue weighted by Crippen LogP contribution is -2.13. The first-order chi connectivity index (χ1) is 12.5. The van der Waals surface area contributed by atoms with Crippen LogP contribution in [0.5, 0.6) is 17.2 Å². The van der Waals surface area contributed by atoms with E-state index in [0.29, 0.717) is 23.9 Å². The third-order valence-corrected chi connectivity index (χ3v) is 3.53. The molecule has 0 aliphatic heterocycles. The molecule has 0 radical (unpaired) electrons. The zero-order valence-corrected chi connectivity index (χ0v) is 14.8. The molecule has 0 atom stereocenters. The average molecular weight is 360 g/mol. The second kappa shape index (κ2) is 8.70. The monoisotopic (exact) mass is 360 g/mol. The van der Waals surface area contributed by atoms with Gasteiger partial charge < -0.3 is 19.5 Å². The van der Waals surface area contributed by atoms with Crippen LogP contribution >= 0.6 is 0 Å². The first kappa shape index (κ1) is 19.0. The van der Waals surface area contributed by atoms with Gasteiger partial charge >= 0.3 is 0 Å². The molecule has 2 aromatic carbocycles. The van der Waals surface area contributed by atoms with Crippen LogP contribution in [0.25, 0.3) is 0 Å². The van der Waals surface area contributed by atoms with Crippen molar-refractivity contribution in [2.75, 3.05) is 26.1 Å². The van der Waals surface area contributed by atoms with Crippen LogP contribution in [-0.2, 0) is 0 Å². The summed E-state index contributed by atoms with van der Waals surface area (Å²) >= 11 is 0. The number of ether oxygens (including phenoxy) is 3. The van der Waals surface area contributed by atoms with E-state index >= 15 is 0 Å². The molecular weight excluding hydrogens is 340 g/mol. The molecule has 8 heteroatoms. The highest BCUT2D eigenvalue weighted by Crippen LogP contribution is 2.31. The molecular formula is C18H20N2O6. The quantitative estimate of drug-likeness (QED) is 0.570. The van der Waals surface area contributed by atoms with Gasteiger partial charge in [0.05, 0.1) is 31.8 Å². The van der Waals surface area contributed by atoms with Gasteiger partial charge in [-0.3, -0.25) is 14.9 Å². The van der Waals surface area contributed by atoms with Crippen LogP contribution in [0.3, 0.4) is 0 Å². The molecule has 2 aromatic rings. The summed E-state index contributed by atoms with van der Waals surface area (Å²) in [4.78, 5) is 23.2. The Kier molecular flexibility index (Phi) is 6.37. The minimum atomic E-state index is -0.566. The van der Waals surface area contributed by atoms with Crippen LogP contribution in [0.1, 0.15) is 23.7 Å². The van der Waals surface area contributed by atoms with Gasteiger partial charge in [0, 0.05) is 5.56 Å². The largest absolute Gasteiger partial charge is 0.493 e. The standard InChI is InChI=1S/C18H20N2O6/c1-4-9-26-13-6-7-14(15(11-13)20(22)23)19-18(21)12-5-8-16(24-2)17(10-12)25-3/h5-8,10-11H,4,9H2,1-3H3,(H,19,21). The normalized spacial score (nSPS) is 10.1. The molecule has 138 valence electrons. The van der Waals surface area contributed by atoms with Crippen molar-refractivity contribution < 1.29 is 23.9 Å². The fourth-order valence-corrected chi connectivity index (χ4v) is 2.25. The molecule has 0 saturated heterocycles. The zero-order chi connectivity index (χ0) is 19.1. The van der Waals surface area contributed by atoms with Crippen molar-refractivity contribution in [3.05, 3.63) is 52.1 Å². The van der Waals surface area contributed by atoms with E-state index in [9.17, 15) is 14.9 Å². The highest BCUT2D eigenvalue weighted by molar-refractivity contribution is 6.05. The summed E-state index contributed by atoms with van der Waals surface area (Å²) in [6.07, 6.45) is 0.783. The van der Waals surface area contributed by atoms with Gasteiger partial charge in [0.25, 0.3) is 11.6 Å². The molecule has 26 heavy (non-hydrogen) atoms. The Hall–Kier alpha value is -3.29. The summed E-state index contributed by atoms with van der Waals surface area (Å²) in [5, 5.41) is 13.9. The number of nitrogens with zero attached hydrogens (tertiary/aromatic N) is 1. The van der Waals surface area contributed by atoms with Crippen molar-refractivity contribution in [1.29, 1.82) is 0 Å². The first-order valence-corrected chi connectivity index (χ1v) is 7.94. The Bertz CT molecular complexity index is 806. The van der Waals surface area contributed by atoms with Crippen LogP contribution < -0.4 is 19.5 Å². The number of hydrogen-bond acceptors (Lipinski definition) is 6. The summed E-state index contributed by atoms with van der Waals surface area (Å²) in [5.74, 6) is 0.740. The van der Waals surface area contributed by atoms with E-state index in [1.165, 1.54) is 32.4 Å². The number of methoxy groups -OCH3 is 2. The molecule has 2 rings (SSSR count). The van der Waals surface area contributed by atoms with E-state index in [2.05, 4.69) is 5.32 Å². The van der Waals surface area contributed by atoms with E-state index in [1.54, 1.807) is 18.2 Å². The molecule has 8 nitrogen and oxygen atoms in total. The van der Waals surface area contributed by atoms with E-state index in [-0.39, 0.29) is 16.9 Å². The molecule has 0 fully saturated rings. The Labute approximate surface area is 150 Å². The number of nitro benzene ring substituents is 1. The van der Waals surface area contributed by atoms with Gasteiger partial charge in [0.1, 0.15) is 11.4 Å². The van der Waals surface area contributed by atoms with Gasteiger partial charge in [-0.15, -0.1) is 0 Å². The third kappa shape index (κ3) is 4.41. The molecule has 0 unspecified atom stereocenters. The van der Waals surface area contributed by atoms with E-state index in [4.69, 9.17) is 14.2 Å². The van der Waals surface area contributed by atoms with Crippen molar-refractivity contribution in [3.63, 3.8) is 0 Å². The highest BCUT2D eigenvalue weighted by Gasteiger charge is 2.19. The third-order valence-electron chi connectivity index (χ3n) is 3.53. The number of rotatable bonds is 8. The molecule has 1 N–H and O–H groups in total. The Morgan fingerprint density at radius 2 is 1.85 bits per heavy atom. The first-order valence-electron chi connectivity index (χ1n) is 7.94. The number of anilines is 1. The molecule has 0 aromatic heterocycles. The number of benzene rings is 2. The van der Waals surface area contributed by atoms with Crippen LogP contribution in [0, 0.1) is 10.1 Å². The second-order valence-electron chi connectivity index (χ2n) is 5.31. The lowest BCUT2D eigenvalue weighted by molar-refractivity contribution is -0.384. The van der Waals surface area contributed by atoms with Crippen molar-refractivity contribution in [2.24, 2.45) is 0 Å². The van der Waals surface area contributed by atoms with Gasteiger partial charge in [-0.25, -0.2) is 0 Å². The topological polar surface area (TPSA) is 99.9 Å². The number of carbonyl (C=O) groups is 1. The minimum absolute atomic E-state index is 0.0821. The minimum Gasteiger partial charge on any atom is -0.493 e. The molecule has 1 amide bonds. The van der Waals surface area contributed by atoms with Gasteiger partial charge in [0.2, 0.25) is 0 Å². The summed E-state index contributed by atoms with van der Waals surface area (Å²) in [5.41, 5.74) is 0.120. The van der Waals surface area contributed by atoms with E-state index < -0.39 is 10.8 Å². The molecule has 0 bridgehead atoms. The summed E-state index contributed by atoms with van der Waals surface area (Å²) < 4.78 is 15.7. The number of nitrogens with one attached hydrogen (secondary N) is 1. The fourth-order valence-electron chi connectivity index (χ4n) is 2.25. The van der Waals surface area contributed by atoms with Gasteiger partial charge in [0.15, 0.2) is 11.5 Å². The fraction of sp³-hybridized carbons (Fsp3) is 0.278. The van der Waals surface area contributed by atoms with Gasteiger partial charge in [-0.2, -0.15) is 0 Å². The maximum Gasteiger partial charge on any atom is 0.296 e. The van der Waals surface area contributed by atoms with Crippen LogP contribution in [-0.4, -0.2) is 31.7 Å². The molecule has 0 spiro atoms. The van der Waals surface area contributed by atoms with Crippen molar-refractivity contribution in [1.82, 2.24) is 0 Å². The summed E-state index contributed by atoms with van der Waals surface area (Å²) in [6.45, 7) is 2.39. The maximum absolute atomic E-state index is 12.5. The predicted octanol–water partition coefficient (Wildman–Crippen LogP) is 3.65. The van der Waals surface area contributed by atoms with Crippen molar-refractivity contribution >= 4 is 17.3 Å². The van der Waals surface area contributed by atoms with Crippen molar-refractivity contribution in [3.8, 4) is 17.2 Å². The Balaban J connectivity index is 2.26. The van der Waals surface area contributed by atoms with Crippen LogP contribution in [0.2, 0.25) is 0 Å². The highest BCUT2D eigenvalue weighted by atomic mass is 16.6. The van der Waals surface area contributed by atoms with Crippen LogP contribution in [0.4, 0.5) is 11.4 Å². The lowest BCUT2D eigenvalue weighted by atomic mass is 10.1. The smallest absolute Gasteiger partial charge is 0.296 e. The lowest BCUT2D eigenvalue weighted by Gasteiger charge is -2.11. The van der Waals surface area contributed by atoms with Crippen LogP contribution in [0.15, 0.2) is 36.4 Å². The SMILES string of the molecule is CCCOc1ccc(NC(=O)c2ccc(OC)c(OC)c2)c([N+](=O)[O-])c1. The van der Waals surface area contributed by atoms with E-state index in [0.717, 1.165) is 6.42 Å². The number of nitro groups is 1.